The van der Waals surface area contributed by atoms with E-state index in [9.17, 15) is 10.1 Å². The summed E-state index contributed by atoms with van der Waals surface area (Å²) in [6, 6.07) is 12.2. The number of hydrogen-bond donors (Lipinski definition) is 1. The van der Waals surface area contributed by atoms with Gasteiger partial charge in [-0.25, -0.2) is 4.98 Å². The van der Waals surface area contributed by atoms with Crippen molar-refractivity contribution in [1.29, 1.82) is 5.26 Å². The van der Waals surface area contributed by atoms with E-state index in [2.05, 4.69) is 35.4 Å². The average molecular weight is 380 g/mol. The molecular weight excluding hydrogens is 362 g/mol. The van der Waals surface area contributed by atoms with Crippen molar-refractivity contribution in [1.82, 2.24) is 4.98 Å². The van der Waals surface area contributed by atoms with Crippen LogP contribution in [0.3, 0.4) is 0 Å². The van der Waals surface area contributed by atoms with E-state index in [1.54, 1.807) is 17.5 Å². The number of thiazole rings is 1. The van der Waals surface area contributed by atoms with Gasteiger partial charge in [0.15, 0.2) is 5.13 Å². The maximum absolute atomic E-state index is 13.2. The number of nitrogens with zero attached hydrogens (tertiary/aromatic N) is 2. The van der Waals surface area contributed by atoms with E-state index in [4.69, 9.17) is 0 Å². The van der Waals surface area contributed by atoms with Crippen molar-refractivity contribution in [2.75, 3.05) is 5.32 Å². The van der Waals surface area contributed by atoms with E-state index in [1.807, 2.05) is 30.5 Å². The molecule has 0 bridgehead atoms. The van der Waals surface area contributed by atoms with Crippen LogP contribution in [0, 0.1) is 23.7 Å². The van der Waals surface area contributed by atoms with Crippen LogP contribution in [0.25, 0.3) is 0 Å². The Morgan fingerprint density at radius 1 is 1.38 bits per heavy atom. The fourth-order valence-electron chi connectivity index (χ4n) is 3.75. The van der Waals surface area contributed by atoms with Crippen molar-refractivity contribution in [3.63, 3.8) is 0 Å². The molecule has 6 heteroatoms. The normalized spacial score (nSPS) is 21.2. The largest absolute Gasteiger partial charge is 0.301 e. The SMILES string of the molecule is Cc1ccc([C@H]2c3cc(C#N)ccc3C[C@@]2(C)C(=O)Nc2nccs2)s1. The third-order valence-corrected chi connectivity index (χ3v) is 6.75. The Bertz CT molecular complexity index is 1020. The van der Waals surface area contributed by atoms with Crippen LogP contribution in [-0.2, 0) is 11.2 Å². The first kappa shape index (κ1) is 17.0. The summed E-state index contributed by atoms with van der Waals surface area (Å²) in [4.78, 5) is 19.8. The number of hydrogen-bond acceptors (Lipinski definition) is 5. The zero-order valence-corrected chi connectivity index (χ0v) is 16.1. The highest BCUT2D eigenvalue weighted by atomic mass is 32.1. The van der Waals surface area contributed by atoms with Crippen LogP contribution in [-0.4, -0.2) is 10.9 Å². The molecule has 1 N–H and O–H groups in total. The molecule has 4 nitrogen and oxygen atoms in total. The summed E-state index contributed by atoms with van der Waals surface area (Å²) in [5, 5.41) is 14.8. The Morgan fingerprint density at radius 3 is 2.88 bits per heavy atom. The van der Waals surface area contributed by atoms with E-state index >= 15 is 0 Å². The van der Waals surface area contributed by atoms with Crippen LogP contribution in [0.15, 0.2) is 41.9 Å². The predicted octanol–water partition coefficient (Wildman–Crippen LogP) is 4.72. The average Bonchev–Trinajstić information content (AvgIpc) is 3.33. The first-order valence-corrected chi connectivity index (χ1v) is 10.0. The summed E-state index contributed by atoms with van der Waals surface area (Å²) in [5.41, 5.74) is 2.23. The number of benzene rings is 1. The molecule has 0 unspecified atom stereocenters. The van der Waals surface area contributed by atoms with Crippen molar-refractivity contribution >= 4 is 33.7 Å². The zero-order chi connectivity index (χ0) is 18.3. The molecule has 4 rings (SSSR count). The molecule has 2 aromatic heterocycles. The van der Waals surface area contributed by atoms with Gasteiger partial charge < -0.3 is 5.32 Å². The lowest BCUT2D eigenvalue weighted by Gasteiger charge is -2.29. The van der Waals surface area contributed by atoms with Crippen LogP contribution < -0.4 is 5.32 Å². The number of rotatable bonds is 3. The van der Waals surface area contributed by atoms with E-state index in [1.165, 1.54) is 16.2 Å². The molecule has 0 radical (unpaired) electrons. The molecule has 1 aliphatic rings. The number of thiophene rings is 1. The molecule has 2 heterocycles. The second-order valence-corrected chi connectivity index (χ2v) is 9.01. The molecule has 1 aliphatic carbocycles. The third kappa shape index (κ3) is 2.74. The molecule has 0 saturated carbocycles. The van der Waals surface area contributed by atoms with Crippen LogP contribution in [0.2, 0.25) is 0 Å². The minimum Gasteiger partial charge on any atom is -0.301 e. The summed E-state index contributed by atoms with van der Waals surface area (Å²) in [5.74, 6) is -0.0947. The minimum atomic E-state index is -0.626. The van der Waals surface area contributed by atoms with Crippen molar-refractivity contribution in [2.24, 2.45) is 5.41 Å². The lowest BCUT2D eigenvalue weighted by atomic mass is 9.76. The summed E-state index contributed by atoms with van der Waals surface area (Å²) in [7, 11) is 0. The van der Waals surface area contributed by atoms with E-state index < -0.39 is 5.41 Å². The summed E-state index contributed by atoms with van der Waals surface area (Å²) < 4.78 is 0. The molecule has 1 aromatic carbocycles. The summed E-state index contributed by atoms with van der Waals surface area (Å²) >= 11 is 3.13. The number of fused-ring (bicyclic) bond motifs is 1. The smallest absolute Gasteiger partial charge is 0.233 e. The van der Waals surface area contributed by atoms with Crippen LogP contribution in [0.5, 0.6) is 0 Å². The van der Waals surface area contributed by atoms with Gasteiger partial charge in [0.2, 0.25) is 5.91 Å². The van der Waals surface area contributed by atoms with Crippen LogP contribution >= 0.6 is 22.7 Å². The third-order valence-electron chi connectivity index (χ3n) is 5.00. The molecule has 26 heavy (non-hydrogen) atoms. The van der Waals surface area contributed by atoms with Gasteiger partial charge in [-0.1, -0.05) is 6.07 Å². The van der Waals surface area contributed by atoms with Crippen LogP contribution in [0.1, 0.15) is 39.3 Å². The van der Waals surface area contributed by atoms with Crippen molar-refractivity contribution in [2.45, 2.75) is 26.2 Å². The summed E-state index contributed by atoms with van der Waals surface area (Å²) in [6.07, 6.45) is 2.33. The molecule has 3 aromatic rings. The lowest BCUT2D eigenvalue weighted by molar-refractivity contribution is -0.125. The number of amides is 1. The highest BCUT2D eigenvalue weighted by Crippen LogP contribution is 2.53. The molecule has 0 saturated heterocycles. The molecule has 0 aliphatic heterocycles. The van der Waals surface area contributed by atoms with Gasteiger partial charge in [0.05, 0.1) is 17.0 Å². The minimum absolute atomic E-state index is 0.0294. The van der Waals surface area contributed by atoms with Crippen LogP contribution in [0.4, 0.5) is 5.13 Å². The predicted molar refractivity (Wildman–Crippen MR) is 105 cm³/mol. The molecule has 130 valence electrons. The first-order valence-electron chi connectivity index (χ1n) is 8.31. The topological polar surface area (TPSA) is 65.8 Å². The van der Waals surface area contributed by atoms with Gasteiger partial charge in [-0.05, 0) is 55.7 Å². The molecular formula is C20H17N3OS2. The maximum Gasteiger partial charge on any atom is 0.233 e. The maximum atomic E-state index is 13.2. The number of aromatic nitrogens is 1. The van der Waals surface area contributed by atoms with Gasteiger partial charge in [-0.3, -0.25) is 4.79 Å². The highest BCUT2D eigenvalue weighted by molar-refractivity contribution is 7.13. The van der Waals surface area contributed by atoms with Gasteiger partial charge in [-0.15, -0.1) is 22.7 Å². The Kier molecular flexibility index (Phi) is 4.14. The summed E-state index contributed by atoms with van der Waals surface area (Å²) in [6.45, 7) is 4.09. The standard InChI is InChI=1S/C20H17N3OS2/c1-12-3-6-16(26-12)17-15-9-13(11-21)4-5-14(15)10-20(17,2)18(24)23-19-22-7-8-25-19/h3-9,17H,10H2,1-2H3,(H,22,23,24)/t17-,20-/m1/s1. The molecule has 0 fully saturated rings. The van der Waals surface area contributed by atoms with E-state index in [0.717, 1.165) is 16.0 Å². The second kappa shape index (κ2) is 6.35. The number of aryl methyl sites for hydroxylation is 1. The fraction of sp³-hybridized carbons (Fsp3) is 0.250. The number of carbonyl (C=O) groups is 1. The van der Waals surface area contributed by atoms with Gasteiger partial charge in [0, 0.05) is 27.2 Å². The number of nitriles is 1. The Morgan fingerprint density at radius 2 is 2.23 bits per heavy atom. The van der Waals surface area contributed by atoms with Crippen molar-refractivity contribution in [3.8, 4) is 6.07 Å². The Hall–Kier alpha value is -2.49. The zero-order valence-electron chi connectivity index (χ0n) is 14.4. The van der Waals surface area contributed by atoms with Gasteiger partial charge >= 0.3 is 0 Å². The molecule has 0 spiro atoms. The monoisotopic (exact) mass is 379 g/mol. The van der Waals surface area contributed by atoms with E-state index in [0.29, 0.717) is 17.1 Å². The molecule has 1 amide bonds. The number of nitrogens with one attached hydrogen (secondary N) is 1. The molecule has 2 atom stereocenters. The first-order chi connectivity index (χ1) is 12.5. The van der Waals surface area contributed by atoms with Gasteiger partial charge in [0.1, 0.15) is 0 Å². The van der Waals surface area contributed by atoms with Gasteiger partial charge in [0.25, 0.3) is 0 Å². The Balaban J connectivity index is 1.80. The van der Waals surface area contributed by atoms with E-state index in [-0.39, 0.29) is 11.8 Å². The lowest BCUT2D eigenvalue weighted by Crippen LogP contribution is -2.37. The second-order valence-electron chi connectivity index (χ2n) is 6.79. The van der Waals surface area contributed by atoms with Crippen molar-refractivity contribution in [3.05, 3.63) is 68.4 Å². The van der Waals surface area contributed by atoms with Gasteiger partial charge in [-0.2, -0.15) is 5.26 Å². The number of anilines is 1. The highest BCUT2D eigenvalue weighted by Gasteiger charge is 2.49. The quantitative estimate of drug-likeness (QED) is 0.716. The van der Waals surface area contributed by atoms with Crippen molar-refractivity contribution < 1.29 is 4.79 Å². The fourth-order valence-corrected chi connectivity index (χ4v) is 5.42. The Labute approximate surface area is 160 Å². The number of carbonyl (C=O) groups excluding carboxylic acids is 1.